The minimum atomic E-state index is -5.37. The van der Waals surface area contributed by atoms with Crippen molar-refractivity contribution < 1.29 is 43.5 Å². The van der Waals surface area contributed by atoms with E-state index < -0.39 is 54.7 Å². The van der Waals surface area contributed by atoms with E-state index in [1.807, 2.05) is 0 Å². The highest BCUT2D eigenvalue weighted by atomic mass is 32.2. The molecule has 0 aromatic heterocycles. The summed E-state index contributed by atoms with van der Waals surface area (Å²) in [6.45, 7) is 0. The smallest absolute Gasteiger partial charge is 0.218 e. The Bertz CT molecular complexity index is 844. The molecule has 0 atom stereocenters. The zero-order valence-electron chi connectivity index (χ0n) is 11.7. The highest BCUT2D eigenvalue weighted by Gasteiger charge is 2.42. The summed E-state index contributed by atoms with van der Waals surface area (Å²) in [5, 5.41) is 0. The van der Waals surface area contributed by atoms with Crippen LogP contribution in [0.1, 0.15) is 11.1 Å². The van der Waals surface area contributed by atoms with E-state index in [9.17, 15) is 43.5 Å². The second kappa shape index (κ2) is 5.97. The molecule has 2 rings (SSSR count). The summed E-state index contributed by atoms with van der Waals surface area (Å²) in [5.74, 6) is -2.86. The summed E-state index contributed by atoms with van der Waals surface area (Å²) < 4.78 is 129. The van der Waals surface area contributed by atoms with Crippen molar-refractivity contribution in [2.24, 2.45) is 0 Å². The van der Waals surface area contributed by atoms with Gasteiger partial charge in [-0.1, -0.05) is 0 Å². The number of benzene rings is 2. The maximum atomic E-state index is 13.1. The zero-order valence-corrected chi connectivity index (χ0v) is 12.5. The first-order chi connectivity index (χ1) is 11.2. The highest BCUT2D eigenvalue weighted by Crippen LogP contribution is 2.41. The maximum absolute atomic E-state index is 13.1. The highest BCUT2D eigenvalue weighted by molar-refractivity contribution is 7.91. The van der Waals surface area contributed by atoms with Gasteiger partial charge in [0.2, 0.25) is 9.84 Å². The molecule has 0 fully saturated rings. The van der Waals surface area contributed by atoms with E-state index in [1.165, 1.54) is 0 Å². The molecule has 0 bridgehead atoms. The van der Waals surface area contributed by atoms with E-state index in [-0.39, 0.29) is 24.3 Å². The van der Waals surface area contributed by atoms with Gasteiger partial charge in [0.05, 0.1) is 20.9 Å². The molecular formula is C14H6F8O2S. The van der Waals surface area contributed by atoms with Crippen LogP contribution in [0.25, 0.3) is 0 Å². The summed E-state index contributed by atoms with van der Waals surface area (Å²) in [4.78, 5) is -3.14. The fourth-order valence-corrected chi connectivity index (χ4v) is 3.69. The SMILES string of the molecule is O=S(=O)(c1ccc(F)cc1C(F)(F)F)c1ccc(F)cc1C(F)(F)F. The molecule has 2 aromatic rings. The van der Waals surface area contributed by atoms with Crippen molar-refractivity contribution in [2.45, 2.75) is 22.1 Å². The van der Waals surface area contributed by atoms with Crippen molar-refractivity contribution in [1.82, 2.24) is 0 Å². The Balaban J connectivity index is 2.83. The van der Waals surface area contributed by atoms with E-state index in [2.05, 4.69) is 0 Å². The van der Waals surface area contributed by atoms with Crippen LogP contribution in [0.15, 0.2) is 46.2 Å². The third-order valence-corrected chi connectivity index (χ3v) is 4.94. The fraction of sp³-hybridized carbons (Fsp3) is 0.143. The fourth-order valence-electron chi connectivity index (χ4n) is 2.03. The lowest BCUT2D eigenvalue weighted by Gasteiger charge is -2.17. The molecule has 0 aliphatic heterocycles. The lowest BCUT2D eigenvalue weighted by molar-refractivity contribution is -0.140. The van der Waals surface area contributed by atoms with Gasteiger partial charge in [0.1, 0.15) is 11.6 Å². The second-order valence-corrected chi connectivity index (χ2v) is 6.67. The molecule has 136 valence electrons. The van der Waals surface area contributed by atoms with Crippen molar-refractivity contribution in [3.8, 4) is 0 Å². The normalized spacial score (nSPS) is 13.1. The third-order valence-electron chi connectivity index (χ3n) is 3.07. The molecule has 0 spiro atoms. The number of alkyl halides is 6. The molecule has 0 amide bonds. The summed E-state index contributed by atoms with van der Waals surface area (Å²) >= 11 is 0. The van der Waals surface area contributed by atoms with Crippen LogP contribution in [-0.4, -0.2) is 8.42 Å². The maximum Gasteiger partial charge on any atom is 0.417 e. The molecule has 0 N–H and O–H groups in total. The lowest BCUT2D eigenvalue weighted by Crippen LogP contribution is -2.18. The van der Waals surface area contributed by atoms with Crippen LogP contribution >= 0.6 is 0 Å². The van der Waals surface area contributed by atoms with E-state index in [0.29, 0.717) is 12.1 Å². The van der Waals surface area contributed by atoms with Gasteiger partial charge < -0.3 is 0 Å². The molecule has 0 unspecified atom stereocenters. The number of rotatable bonds is 2. The molecule has 2 aromatic carbocycles. The minimum Gasteiger partial charge on any atom is -0.218 e. The van der Waals surface area contributed by atoms with Gasteiger partial charge in [0, 0.05) is 0 Å². The van der Waals surface area contributed by atoms with Crippen molar-refractivity contribution in [1.29, 1.82) is 0 Å². The molecule has 0 aliphatic rings. The van der Waals surface area contributed by atoms with Crippen LogP contribution < -0.4 is 0 Å². The average molecular weight is 390 g/mol. The predicted molar refractivity (Wildman–Crippen MR) is 68.3 cm³/mol. The summed E-state index contributed by atoms with van der Waals surface area (Å²) in [5.41, 5.74) is -3.94. The van der Waals surface area contributed by atoms with Crippen LogP contribution in [0.2, 0.25) is 0 Å². The molecule has 0 saturated carbocycles. The Labute approximate surface area is 135 Å². The Kier molecular flexibility index (Phi) is 4.58. The quantitative estimate of drug-likeness (QED) is 0.544. The Hall–Kier alpha value is -2.17. The molecule has 0 saturated heterocycles. The Morgan fingerprint density at radius 3 is 1.24 bits per heavy atom. The average Bonchev–Trinajstić information content (AvgIpc) is 2.44. The van der Waals surface area contributed by atoms with Gasteiger partial charge in [-0.3, -0.25) is 0 Å². The monoisotopic (exact) mass is 390 g/mol. The van der Waals surface area contributed by atoms with E-state index in [0.717, 1.165) is 0 Å². The summed E-state index contributed by atoms with van der Waals surface area (Å²) in [7, 11) is -5.37. The van der Waals surface area contributed by atoms with Crippen LogP contribution in [-0.2, 0) is 22.2 Å². The molecular weight excluding hydrogens is 384 g/mol. The predicted octanol–water partition coefficient (Wildman–Crippen LogP) is 4.84. The standard InChI is InChI=1S/C14H6F8O2S/c15-7-1-3-11(9(5-7)13(17,18)19)25(23,24)12-4-2-8(16)6-10(12)14(20,21)22/h1-6H. The van der Waals surface area contributed by atoms with E-state index >= 15 is 0 Å². The van der Waals surface area contributed by atoms with Gasteiger partial charge >= 0.3 is 12.4 Å². The first kappa shape index (κ1) is 19.2. The van der Waals surface area contributed by atoms with Gasteiger partial charge in [-0.25, -0.2) is 17.2 Å². The molecule has 0 heterocycles. The second-order valence-electron chi connectivity index (χ2n) is 4.78. The minimum absolute atomic E-state index is 0.149. The van der Waals surface area contributed by atoms with Crippen LogP contribution in [0.3, 0.4) is 0 Å². The summed E-state index contributed by atoms with van der Waals surface area (Å²) in [6.07, 6.45) is -10.7. The molecule has 25 heavy (non-hydrogen) atoms. The molecule has 0 aliphatic carbocycles. The van der Waals surface area contributed by atoms with Gasteiger partial charge in [0.15, 0.2) is 0 Å². The van der Waals surface area contributed by atoms with Crippen molar-refractivity contribution in [3.05, 3.63) is 59.2 Å². The van der Waals surface area contributed by atoms with Gasteiger partial charge in [-0.2, -0.15) is 26.3 Å². The van der Waals surface area contributed by atoms with Crippen molar-refractivity contribution in [3.63, 3.8) is 0 Å². The number of hydrogen-bond acceptors (Lipinski definition) is 2. The van der Waals surface area contributed by atoms with E-state index in [1.54, 1.807) is 0 Å². The van der Waals surface area contributed by atoms with Crippen LogP contribution in [0.4, 0.5) is 35.1 Å². The first-order valence-electron chi connectivity index (χ1n) is 6.23. The van der Waals surface area contributed by atoms with Crippen molar-refractivity contribution in [2.75, 3.05) is 0 Å². The van der Waals surface area contributed by atoms with Gasteiger partial charge in [-0.05, 0) is 36.4 Å². The third kappa shape index (κ3) is 3.75. The number of hydrogen-bond donors (Lipinski definition) is 0. The lowest BCUT2D eigenvalue weighted by atomic mass is 10.2. The zero-order chi connectivity index (χ0) is 19.2. The number of halogens is 8. The number of sulfone groups is 1. The van der Waals surface area contributed by atoms with Gasteiger partial charge in [-0.15, -0.1) is 0 Å². The molecule has 2 nitrogen and oxygen atoms in total. The topological polar surface area (TPSA) is 34.1 Å². The Morgan fingerprint density at radius 2 is 0.960 bits per heavy atom. The van der Waals surface area contributed by atoms with Crippen LogP contribution in [0.5, 0.6) is 0 Å². The first-order valence-corrected chi connectivity index (χ1v) is 7.71. The summed E-state index contributed by atoms with van der Waals surface area (Å²) in [6, 6.07) is 0.832. The molecule has 11 heteroatoms. The van der Waals surface area contributed by atoms with Crippen molar-refractivity contribution >= 4 is 9.84 Å². The van der Waals surface area contributed by atoms with Crippen LogP contribution in [0, 0.1) is 11.6 Å². The van der Waals surface area contributed by atoms with Gasteiger partial charge in [0.25, 0.3) is 0 Å². The largest absolute Gasteiger partial charge is 0.417 e. The molecule has 0 radical (unpaired) electrons. The Morgan fingerprint density at radius 1 is 0.640 bits per heavy atom. The van der Waals surface area contributed by atoms with E-state index in [4.69, 9.17) is 0 Å².